The molecule has 25 heavy (non-hydrogen) atoms. The van der Waals surface area contributed by atoms with Crippen molar-refractivity contribution in [2.24, 2.45) is 17.3 Å². The second kappa shape index (κ2) is 7.70. The molecule has 3 nitrogen and oxygen atoms in total. The van der Waals surface area contributed by atoms with Crippen molar-refractivity contribution in [3.8, 4) is 6.07 Å². The molecule has 1 aromatic heterocycles. The Morgan fingerprint density at radius 3 is 2.68 bits per heavy atom. The van der Waals surface area contributed by atoms with Gasteiger partial charge < -0.3 is 4.90 Å². The summed E-state index contributed by atoms with van der Waals surface area (Å²) in [5.74, 6) is 0.775. The van der Waals surface area contributed by atoms with E-state index in [2.05, 4.69) is 67.9 Å². The van der Waals surface area contributed by atoms with E-state index in [4.69, 9.17) is 0 Å². The number of rotatable bonds is 5. The van der Waals surface area contributed by atoms with Crippen molar-refractivity contribution in [3.63, 3.8) is 0 Å². The first-order valence-corrected chi connectivity index (χ1v) is 8.93. The van der Waals surface area contributed by atoms with Crippen molar-refractivity contribution in [1.82, 2.24) is 4.98 Å². The standard InChI is InChI=1S/C22H29N3/c1-7-11-22(4,16(2)3)20-9-8-17(15-23)13-19(20)21-14-18(25(5)6)10-12-24-21/h7-8,10-14,16,20H,9H2,1-6H3. The lowest BCUT2D eigenvalue weighted by Crippen LogP contribution is -2.33. The van der Waals surface area contributed by atoms with Gasteiger partial charge in [0.2, 0.25) is 0 Å². The van der Waals surface area contributed by atoms with Crippen LogP contribution in [0.15, 0.2) is 48.2 Å². The first-order chi connectivity index (χ1) is 11.8. The van der Waals surface area contributed by atoms with Gasteiger partial charge in [0, 0.05) is 31.6 Å². The average molecular weight is 335 g/mol. The van der Waals surface area contributed by atoms with Crippen LogP contribution in [0.1, 0.15) is 39.8 Å². The molecular formula is C22H29N3. The third kappa shape index (κ3) is 3.85. The van der Waals surface area contributed by atoms with E-state index in [1.807, 2.05) is 32.4 Å². The number of allylic oxidation sites excluding steroid dienone is 6. The summed E-state index contributed by atoms with van der Waals surface area (Å²) in [6.07, 6.45) is 11.3. The Balaban J connectivity index is 2.59. The molecule has 2 atom stereocenters. The van der Waals surface area contributed by atoms with Crippen LogP contribution in [0.4, 0.5) is 5.69 Å². The number of hydrogen-bond acceptors (Lipinski definition) is 3. The van der Waals surface area contributed by atoms with Gasteiger partial charge in [0.1, 0.15) is 0 Å². The van der Waals surface area contributed by atoms with Gasteiger partial charge in [0.15, 0.2) is 0 Å². The lowest BCUT2D eigenvalue weighted by atomic mass is 9.63. The highest BCUT2D eigenvalue weighted by molar-refractivity contribution is 5.73. The van der Waals surface area contributed by atoms with E-state index in [1.165, 1.54) is 0 Å². The van der Waals surface area contributed by atoms with Crippen molar-refractivity contribution in [2.75, 3.05) is 19.0 Å². The number of aromatic nitrogens is 1. The van der Waals surface area contributed by atoms with Crippen LogP contribution in [0.25, 0.3) is 5.57 Å². The van der Waals surface area contributed by atoms with Gasteiger partial charge in [-0.05, 0) is 54.4 Å². The molecule has 1 aliphatic carbocycles. The molecule has 1 heterocycles. The van der Waals surface area contributed by atoms with Gasteiger partial charge in [-0.2, -0.15) is 5.26 Å². The van der Waals surface area contributed by atoms with Crippen LogP contribution in [-0.2, 0) is 0 Å². The summed E-state index contributed by atoms with van der Waals surface area (Å²) in [4.78, 5) is 6.72. The van der Waals surface area contributed by atoms with E-state index < -0.39 is 0 Å². The molecule has 0 amide bonds. The summed E-state index contributed by atoms with van der Waals surface area (Å²) >= 11 is 0. The van der Waals surface area contributed by atoms with Crippen molar-refractivity contribution in [1.29, 1.82) is 5.26 Å². The SMILES string of the molecule is CC=CC(C)(C(C)C)C1CC=C(C#N)C=C1c1cc(N(C)C)ccn1. The van der Waals surface area contributed by atoms with Crippen LogP contribution < -0.4 is 4.90 Å². The van der Waals surface area contributed by atoms with Crippen molar-refractivity contribution >= 4 is 11.3 Å². The van der Waals surface area contributed by atoms with Crippen molar-refractivity contribution in [2.45, 2.75) is 34.1 Å². The highest BCUT2D eigenvalue weighted by atomic mass is 15.1. The maximum absolute atomic E-state index is 9.39. The molecule has 0 spiro atoms. The summed E-state index contributed by atoms with van der Waals surface area (Å²) in [7, 11) is 4.06. The number of nitrogens with zero attached hydrogens (tertiary/aromatic N) is 3. The van der Waals surface area contributed by atoms with E-state index in [0.717, 1.165) is 28.9 Å². The predicted octanol–water partition coefficient (Wildman–Crippen LogP) is 5.24. The van der Waals surface area contributed by atoms with Gasteiger partial charge in [-0.15, -0.1) is 0 Å². The molecule has 2 unspecified atom stereocenters. The highest BCUT2D eigenvalue weighted by Crippen LogP contribution is 2.48. The van der Waals surface area contributed by atoms with E-state index >= 15 is 0 Å². The van der Waals surface area contributed by atoms with Crippen LogP contribution >= 0.6 is 0 Å². The lowest BCUT2D eigenvalue weighted by Gasteiger charge is -2.41. The van der Waals surface area contributed by atoms with Gasteiger partial charge >= 0.3 is 0 Å². The topological polar surface area (TPSA) is 39.9 Å². The Kier molecular flexibility index (Phi) is 5.85. The molecular weight excluding hydrogens is 306 g/mol. The fraction of sp³-hybridized carbons (Fsp3) is 0.455. The Bertz CT molecular complexity index is 747. The molecule has 0 aromatic carbocycles. The predicted molar refractivity (Wildman–Crippen MR) is 106 cm³/mol. The lowest BCUT2D eigenvalue weighted by molar-refractivity contribution is 0.221. The molecule has 0 saturated carbocycles. The molecule has 0 radical (unpaired) electrons. The fourth-order valence-corrected chi connectivity index (χ4v) is 3.54. The Morgan fingerprint density at radius 2 is 2.12 bits per heavy atom. The zero-order chi connectivity index (χ0) is 18.6. The maximum atomic E-state index is 9.39. The minimum absolute atomic E-state index is 0.00781. The Labute approximate surface area is 152 Å². The third-order valence-electron chi connectivity index (χ3n) is 5.47. The molecule has 3 heteroatoms. The number of nitriles is 1. The van der Waals surface area contributed by atoms with Crippen molar-refractivity contribution < 1.29 is 0 Å². The molecule has 0 bridgehead atoms. The zero-order valence-corrected chi connectivity index (χ0v) is 16.2. The summed E-state index contributed by atoms with van der Waals surface area (Å²) in [6, 6.07) is 6.43. The number of pyridine rings is 1. The molecule has 132 valence electrons. The minimum atomic E-state index is 0.00781. The summed E-state index contributed by atoms with van der Waals surface area (Å²) in [5, 5.41) is 9.39. The second-order valence-corrected chi connectivity index (χ2v) is 7.47. The zero-order valence-electron chi connectivity index (χ0n) is 16.2. The monoisotopic (exact) mass is 335 g/mol. The van der Waals surface area contributed by atoms with Gasteiger partial charge in [-0.1, -0.05) is 39.0 Å². The largest absolute Gasteiger partial charge is 0.378 e. The van der Waals surface area contributed by atoms with Crippen LogP contribution in [0, 0.1) is 28.6 Å². The number of hydrogen-bond donors (Lipinski definition) is 0. The van der Waals surface area contributed by atoms with Gasteiger partial charge in [0.05, 0.1) is 11.8 Å². The molecule has 0 saturated heterocycles. The average Bonchev–Trinajstić information content (AvgIpc) is 2.61. The van der Waals surface area contributed by atoms with Gasteiger partial charge in [-0.3, -0.25) is 4.98 Å². The Hall–Kier alpha value is -2.34. The molecule has 0 aliphatic heterocycles. The first kappa shape index (κ1) is 19.0. The quantitative estimate of drug-likeness (QED) is 0.691. The maximum Gasteiger partial charge on any atom is 0.0988 e. The third-order valence-corrected chi connectivity index (χ3v) is 5.47. The van der Waals surface area contributed by atoms with E-state index in [-0.39, 0.29) is 5.41 Å². The molecule has 0 fully saturated rings. The normalized spacial score (nSPS) is 20.0. The molecule has 1 aromatic rings. The smallest absolute Gasteiger partial charge is 0.0988 e. The summed E-state index contributed by atoms with van der Waals surface area (Å²) in [6.45, 7) is 8.93. The minimum Gasteiger partial charge on any atom is -0.378 e. The summed E-state index contributed by atoms with van der Waals surface area (Å²) < 4.78 is 0. The Morgan fingerprint density at radius 1 is 1.40 bits per heavy atom. The number of anilines is 1. The molecule has 0 N–H and O–H groups in total. The first-order valence-electron chi connectivity index (χ1n) is 8.93. The van der Waals surface area contributed by atoms with Crippen LogP contribution in [-0.4, -0.2) is 19.1 Å². The van der Waals surface area contributed by atoms with Crippen LogP contribution in [0.3, 0.4) is 0 Å². The van der Waals surface area contributed by atoms with Crippen molar-refractivity contribution in [3.05, 3.63) is 53.9 Å². The van der Waals surface area contributed by atoms with E-state index in [1.54, 1.807) is 0 Å². The van der Waals surface area contributed by atoms with Gasteiger partial charge in [-0.25, -0.2) is 0 Å². The fourth-order valence-electron chi connectivity index (χ4n) is 3.54. The second-order valence-electron chi connectivity index (χ2n) is 7.47. The highest BCUT2D eigenvalue weighted by Gasteiger charge is 2.38. The molecule has 2 rings (SSSR count). The van der Waals surface area contributed by atoms with Crippen LogP contribution in [0.2, 0.25) is 0 Å². The van der Waals surface area contributed by atoms with Crippen LogP contribution in [0.5, 0.6) is 0 Å². The molecule has 1 aliphatic rings. The van der Waals surface area contributed by atoms with Gasteiger partial charge in [0.25, 0.3) is 0 Å². The summed E-state index contributed by atoms with van der Waals surface area (Å²) in [5.41, 5.74) is 3.99. The van der Waals surface area contributed by atoms with E-state index in [0.29, 0.717) is 11.8 Å². The van der Waals surface area contributed by atoms with E-state index in [9.17, 15) is 5.26 Å².